The summed E-state index contributed by atoms with van der Waals surface area (Å²) in [4.78, 5) is 0. The average Bonchev–Trinajstić information content (AvgIpc) is 2.96. The lowest BCUT2D eigenvalue weighted by Gasteiger charge is -2.27. The molecule has 0 aliphatic carbocycles. The number of rotatable bonds is 3. The van der Waals surface area contributed by atoms with Gasteiger partial charge in [-0.05, 0) is 31.4 Å². The second kappa shape index (κ2) is 4.86. The molecule has 1 aromatic carbocycles. The van der Waals surface area contributed by atoms with Gasteiger partial charge in [-0.1, -0.05) is 33.6 Å². The second-order valence-corrected chi connectivity index (χ2v) is 6.26. The predicted octanol–water partition coefficient (Wildman–Crippen LogP) is 3.49. The highest BCUT2D eigenvalue weighted by molar-refractivity contribution is 9.09. The summed E-state index contributed by atoms with van der Waals surface area (Å²) < 4.78 is 11.6. The van der Waals surface area contributed by atoms with Crippen LogP contribution >= 0.6 is 15.9 Å². The van der Waals surface area contributed by atoms with Crippen molar-refractivity contribution in [1.82, 2.24) is 0 Å². The predicted molar refractivity (Wildman–Crippen MR) is 75.6 cm³/mol. The molecule has 2 unspecified atom stereocenters. The Morgan fingerprint density at radius 1 is 1.44 bits per heavy atom. The summed E-state index contributed by atoms with van der Waals surface area (Å²) in [7, 11) is 0. The number of ether oxygens (including phenoxy) is 2. The van der Waals surface area contributed by atoms with Gasteiger partial charge < -0.3 is 9.47 Å². The van der Waals surface area contributed by atoms with Crippen LogP contribution in [0.3, 0.4) is 0 Å². The third-order valence-electron chi connectivity index (χ3n) is 4.09. The zero-order chi connectivity index (χ0) is 12.6. The molecule has 0 bridgehead atoms. The molecule has 3 rings (SSSR count). The Labute approximate surface area is 117 Å². The number of hydrogen-bond acceptors (Lipinski definition) is 2. The van der Waals surface area contributed by atoms with Gasteiger partial charge in [0.25, 0.3) is 0 Å². The van der Waals surface area contributed by atoms with E-state index in [0.29, 0.717) is 6.10 Å². The number of aryl methyl sites for hydroxylation is 1. The first-order valence-electron chi connectivity index (χ1n) is 6.61. The molecular weight excluding hydrogens is 292 g/mol. The summed E-state index contributed by atoms with van der Waals surface area (Å²) in [5.74, 6) is 1.08. The Balaban J connectivity index is 1.70. The van der Waals surface area contributed by atoms with Crippen molar-refractivity contribution in [2.24, 2.45) is 5.41 Å². The van der Waals surface area contributed by atoms with Gasteiger partial charge in [-0.2, -0.15) is 0 Å². The summed E-state index contributed by atoms with van der Waals surface area (Å²) in [5.41, 5.74) is 2.96. The quantitative estimate of drug-likeness (QED) is 0.796. The summed E-state index contributed by atoms with van der Waals surface area (Å²) in [5, 5.41) is 1.01. The number of benzene rings is 1. The van der Waals surface area contributed by atoms with Crippen molar-refractivity contribution in [1.29, 1.82) is 0 Å². The maximum atomic E-state index is 6.07. The van der Waals surface area contributed by atoms with E-state index in [9.17, 15) is 0 Å². The molecule has 0 radical (unpaired) electrons. The van der Waals surface area contributed by atoms with Gasteiger partial charge in [-0.15, -0.1) is 0 Å². The van der Waals surface area contributed by atoms with Gasteiger partial charge in [0, 0.05) is 23.8 Å². The van der Waals surface area contributed by atoms with Crippen molar-refractivity contribution in [3.05, 3.63) is 29.3 Å². The molecule has 18 heavy (non-hydrogen) atoms. The number of fused-ring (bicyclic) bond motifs is 1. The SMILES string of the molecule is Cc1ccc2c(c1)CC(CC1(CBr)CCOC1)O2. The van der Waals surface area contributed by atoms with Crippen molar-refractivity contribution in [3.8, 4) is 5.75 Å². The molecule has 0 spiro atoms. The Kier molecular flexibility index (Phi) is 3.37. The van der Waals surface area contributed by atoms with E-state index in [4.69, 9.17) is 9.47 Å². The summed E-state index contributed by atoms with van der Waals surface area (Å²) in [6, 6.07) is 6.48. The van der Waals surface area contributed by atoms with E-state index < -0.39 is 0 Å². The molecule has 0 amide bonds. The van der Waals surface area contributed by atoms with Gasteiger partial charge in [-0.3, -0.25) is 0 Å². The number of halogens is 1. The lowest BCUT2D eigenvalue weighted by molar-refractivity contribution is 0.118. The highest BCUT2D eigenvalue weighted by Crippen LogP contribution is 2.40. The van der Waals surface area contributed by atoms with E-state index in [-0.39, 0.29) is 5.41 Å². The van der Waals surface area contributed by atoms with Gasteiger partial charge in [-0.25, -0.2) is 0 Å². The molecule has 1 fully saturated rings. The van der Waals surface area contributed by atoms with Crippen LogP contribution in [-0.4, -0.2) is 24.6 Å². The molecular formula is C15H19BrO2. The Morgan fingerprint density at radius 3 is 3.06 bits per heavy atom. The van der Waals surface area contributed by atoms with Crippen LogP contribution in [0, 0.1) is 12.3 Å². The van der Waals surface area contributed by atoms with Crippen LogP contribution in [0.15, 0.2) is 18.2 Å². The van der Waals surface area contributed by atoms with Crippen LogP contribution < -0.4 is 4.74 Å². The molecule has 0 N–H and O–H groups in total. The van der Waals surface area contributed by atoms with Gasteiger partial charge in [0.05, 0.1) is 6.61 Å². The van der Waals surface area contributed by atoms with Crippen LogP contribution in [0.25, 0.3) is 0 Å². The number of hydrogen-bond donors (Lipinski definition) is 0. The monoisotopic (exact) mass is 310 g/mol. The van der Waals surface area contributed by atoms with Crippen LogP contribution in [0.5, 0.6) is 5.75 Å². The normalized spacial score (nSPS) is 30.2. The van der Waals surface area contributed by atoms with E-state index in [1.165, 1.54) is 11.1 Å². The first kappa shape index (κ1) is 12.5. The third-order valence-corrected chi connectivity index (χ3v) is 5.28. The lowest BCUT2D eigenvalue weighted by atomic mass is 9.83. The van der Waals surface area contributed by atoms with Crippen LogP contribution in [0.2, 0.25) is 0 Å². The van der Waals surface area contributed by atoms with Crippen LogP contribution in [0.4, 0.5) is 0 Å². The van der Waals surface area contributed by atoms with Crippen molar-refractivity contribution in [2.75, 3.05) is 18.5 Å². The lowest BCUT2D eigenvalue weighted by Crippen LogP contribution is -2.30. The van der Waals surface area contributed by atoms with Gasteiger partial charge in [0.2, 0.25) is 0 Å². The molecule has 2 aliphatic heterocycles. The number of alkyl halides is 1. The summed E-state index contributed by atoms with van der Waals surface area (Å²) in [6.07, 6.45) is 3.60. The summed E-state index contributed by atoms with van der Waals surface area (Å²) in [6.45, 7) is 3.90. The zero-order valence-corrected chi connectivity index (χ0v) is 12.3. The summed E-state index contributed by atoms with van der Waals surface area (Å²) >= 11 is 3.65. The molecule has 2 atom stereocenters. The topological polar surface area (TPSA) is 18.5 Å². The molecule has 0 aromatic heterocycles. The molecule has 3 heteroatoms. The van der Waals surface area contributed by atoms with Crippen LogP contribution in [-0.2, 0) is 11.2 Å². The standard InChI is InChI=1S/C15H19BrO2/c1-11-2-3-14-12(6-11)7-13(18-14)8-15(9-16)4-5-17-10-15/h2-3,6,13H,4-5,7-10H2,1H3. The molecule has 1 saturated heterocycles. The van der Waals surface area contributed by atoms with E-state index in [2.05, 4.69) is 41.1 Å². The largest absolute Gasteiger partial charge is 0.490 e. The van der Waals surface area contributed by atoms with Crippen molar-refractivity contribution in [3.63, 3.8) is 0 Å². The van der Waals surface area contributed by atoms with Crippen molar-refractivity contribution >= 4 is 15.9 Å². The highest BCUT2D eigenvalue weighted by Gasteiger charge is 2.38. The highest BCUT2D eigenvalue weighted by atomic mass is 79.9. The smallest absolute Gasteiger partial charge is 0.123 e. The first-order chi connectivity index (χ1) is 8.71. The fraction of sp³-hybridized carbons (Fsp3) is 0.600. The van der Waals surface area contributed by atoms with E-state index >= 15 is 0 Å². The van der Waals surface area contributed by atoms with E-state index in [0.717, 1.165) is 43.6 Å². The van der Waals surface area contributed by atoms with Gasteiger partial charge in [0.1, 0.15) is 11.9 Å². The van der Waals surface area contributed by atoms with Crippen LogP contribution in [0.1, 0.15) is 24.0 Å². The Hall–Kier alpha value is -0.540. The Bertz CT molecular complexity index is 438. The van der Waals surface area contributed by atoms with E-state index in [1.54, 1.807) is 0 Å². The minimum absolute atomic E-state index is 0.280. The van der Waals surface area contributed by atoms with Gasteiger partial charge >= 0.3 is 0 Å². The first-order valence-corrected chi connectivity index (χ1v) is 7.73. The fourth-order valence-corrected chi connectivity index (χ4v) is 3.69. The van der Waals surface area contributed by atoms with Gasteiger partial charge in [0.15, 0.2) is 0 Å². The molecule has 98 valence electrons. The molecule has 2 aliphatic rings. The molecule has 2 heterocycles. The van der Waals surface area contributed by atoms with Crippen molar-refractivity contribution in [2.45, 2.75) is 32.3 Å². The maximum Gasteiger partial charge on any atom is 0.123 e. The molecule has 0 saturated carbocycles. The maximum absolute atomic E-state index is 6.07. The zero-order valence-electron chi connectivity index (χ0n) is 10.7. The average molecular weight is 311 g/mol. The minimum Gasteiger partial charge on any atom is -0.490 e. The van der Waals surface area contributed by atoms with E-state index in [1.807, 2.05) is 0 Å². The molecule has 2 nitrogen and oxygen atoms in total. The minimum atomic E-state index is 0.280. The Morgan fingerprint density at radius 2 is 2.33 bits per heavy atom. The van der Waals surface area contributed by atoms with Crippen molar-refractivity contribution < 1.29 is 9.47 Å². The third kappa shape index (κ3) is 2.30. The molecule has 1 aromatic rings. The second-order valence-electron chi connectivity index (χ2n) is 5.70. The fourth-order valence-electron chi connectivity index (χ4n) is 3.02.